The molecule has 0 radical (unpaired) electrons. The summed E-state index contributed by atoms with van der Waals surface area (Å²) >= 11 is 5.88. The van der Waals surface area contributed by atoms with Gasteiger partial charge in [-0.1, -0.05) is 0 Å². The summed E-state index contributed by atoms with van der Waals surface area (Å²) in [6, 6.07) is 2.06. The first-order chi connectivity index (χ1) is 8.36. The van der Waals surface area contributed by atoms with E-state index in [0.717, 1.165) is 25.0 Å². The minimum absolute atomic E-state index is 0.220. The van der Waals surface area contributed by atoms with Gasteiger partial charge in [0.1, 0.15) is 5.82 Å². The Morgan fingerprint density at radius 2 is 2.11 bits per heavy atom. The molecule has 2 nitrogen and oxygen atoms in total. The van der Waals surface area contributed by atoms with Crippen LogP contribution < -0.4 is 4.90 Å². The lowest BCUT2D eigenvalue weighted by Crippen LogP contribution is -2.35. The van der Waals surface area contributed by atoms with Crippen molar-refractivity contribution < 1.29 is 13.2 Å². The second-order valence-electron chi connectivity index (χ2n) is 4.72. The number of hydrogen-bond donors (Lipinski definition) is 0. The third-order valence-electron chi connectivity index (χ3n) is 3.17. The van der Waals surface area contributed by atoms with E-state index in [-0.39, 0.29) is 5.38 Å². The standard InChI is InChI=1S/C12H14ClF3N2/c1-18(7-8-4-10(13)5-8)11-6-9(2-3-17-11)12(14,15)16/h2-3,6,8,10H,4-5,7H2,1H3. The Balaban J connectivity index is 2.03. The molecule has 100 valence electrons. The van der Waals surface area contributed by atoms with Crippen LogP contribution in [0.15, 0.2) is 18.3 Å². The van der Waals surface area contributed by atoms with Crippen molar-refractivity contribution in [3.8, 4) is 0 Å². The Labute approximate surface area is 109 Å². The molecule has 0 N–H and O–H groups in total. The maximum atomic E-state index is 12.6. The monoisotopic (exact) mass is 278 g/mol. The first-order valence-corrected chi connectivity index (χ1v) is 6.18. The molecule has 6 heteroatoms. The number of anilines is 1. The van der Waals surface area contributed by atoms with Crippen LogP contribution in [0.1, 0.15) is 18.4 Å². The second kappa shape index (κ2) is 4.96. The summed E-state index contributed by atoms with van der Waals surface area (Å²) in [5.74, 6) is 0.802. The molecular weight excluding hydrogens is 265 g/mol. The van der Waals surface area contributed by atoms with Gasteiger partial charge < -0.3 is 4.90 Å². The smallest absolute Gasteiger partial charge is 0.359 e. The van der Waals surface area contributed by atoms with Crippen molar-refractivity contribution in [1.29, 1.82) is 0 Å². The number of rotatable bonds is 3. The van der Waals surface area contributed by atoms with Gasteiger partial charge in [-0.25, -0.2) is 4.98 Å². The molecule has 1 aromatic rings. The molecule has 0 spiro atoms. The Bertz CT molecular complexity index is 416. The second-order valence-corrected chi connectivity index (χ2v) is 5.33. The molecule has 1 aromatic heterocycles. The van der Waals surface area contributed by atoms with Gasteiger partial charge in [-0.3, -0.25) is 0 Å². The van der Waals surface area contributed by atoms with E-state index in [4.69, 9.17) is 11.6 Å². The van der Waals surface area contributed by atoms with E-state index in [0.29, 0.717) is 18.3 Å². The molecule has 0 aliphatic heterocycles. The quantitative estimate of drug-likeness (QED) is 0.786. The van der Waals surface area contributed by atoms with Crippen LogP contribution in [-0.2, 0) is 6.18 Å². The molecule has 0 aromatic carbocycles. The van der Waals surface area contributed by atoms with Crippen molar-refractivity contribution >= 4 is 17.4 Å². The molecule has 0 saturated heterocycles. The molecule has 1 saturated carbocycles. The Hall–Kier alpha value is -0.970. The van der Waals surface area contributed by atoms with Crippen molar-refractivity contribution in [2.45, 2.75) is 24.4 Å². The molecule has 1 aliphatic carbocycles. The number of alkyl halides is 4. The first-order valence-electron chi connectivity index (χ1n) is 5.74. The molecule has 0 bridgehead atoms. The lowest BCUT2D eigenvalue weighted by atomic mass is 9.84. The van der Waals surface area contributed by atoms with Gasteiger partial charge in [0.2, 0.25) is 0 Å². The van der Waals surface area contributed by atoms with Gasteiger partial charge in [-0.15, -0.1) is 11.6 Å². The van der Waals surface area contributed by atoms with E-state index < -0.39 is 11.7 Å². The third-order valence-corrected chi connectivity index (χ3v) is 3.53. The predicted molar refractivity (Wildman–Crippen MR) is 64.9 cm³/mol. The fourth-order valence-electron chi connectivity index (χ4n) is 2.09. The van der Waals surface area contributed by atoms with Crippen LogP contribution in [0, 0.1) is 5.92 Å². The number of nitrogens with zero attached hydrogens (tertiary/aromatic N) is 2. The topological polar surface area (TPSA) is 16.1 Å². The summed E-state index contributed by atoms with van der Waals surface area (Å²) in [4.78, 5) is 5.73. The molecule has 1 fully saturated rings. The summed E-state index contributed by atoms with van der Waals surface area (Å²) in [5.41, 5.74) is -0.664. The van der Waals surface area contributed by atoms with Crippen LogP contribution in [0.5, 0.6) is 0 Å². The molecule has 0 atom stereocenters. The molecule has 2 rings (SSSR count). The van der Waals surface area contributed by atoms with Crippen molar-refractivity contribution in [2.75, 3.05) is 18.5 Å². The summed E-state index contributed by atoms with van der Waals surface area (Å²) in [6.07, 6.45) is -1.29. The maximum absolute atomic E-state index is 12.6. The number of halogens is 4. The summed E-state index contributed by atoms with van der Waals surface area (Å²) < 4.78 is 37.7. The summed E-state index contributed by atoms with van der Waals surface area (Å²) in [7, 11) is 1.75. The summed E-state index contributed by atoms with van der Waals surface area (Å²) in [6.45, 7) is 0.692. The molecule has 18 heavy (non-hydrogen) atoms. The predicted octanol–water partition coefficient (Wildman–Crippen LogP) is 3.55. The zero-order valence-electron chi connectivity index (χ0n) is 9.91. The van der Waals surface area contributed by atoms with Crippen LogP contribution in [0.25, 0.3) is 0 Å². The normalized spacial score (nSPS) is 23.6. The number of hydrogen-bond acceptors (Lipinski definition) is 2. The first kappa shape index (κ1) is 13.5. The van der Waals surface area contributed by atoms with Crippen LogP contribution >= 0.6 is 11.6 Å². The van der Waals surface area contributed by atoms with Crippen LogP contribution in [0.3, 0.4) is 0 Å². The van der Waals surface area contributed by atoms with Crippen molar-refractivity contribution in [1.82, 2.24) is 4.98 Å². The van der Waals surface area contributed by atoms with Crippen LogP contribution in [0.4, 0.5) is 19.0 Å². The molecule has 0 amide bonds. The van der Waals surface area contributed by atoms with Crippen molar-refractivity contribution in [3.63, 3.8) is 0 Å². The molecular formula is C12H14ClF3N2. The highest BCUT2D eigenvalue weighted by atomic mass is 35.5. The summed E-state index contributed by atoms with van der Waals surface area (Å²) in [5, 5.41) is 0.220. The van der Waals surface area contributed by atoms with Gasteiger partial charge in [0.05, 0.1) is 5.56 Å². The van der Waals surface area contributed by atoms with Gasteiger partial charge in [0.15, 0.2) is 0 Å². The van der Waals surface area contributed by atoms with Gasteiger partial charge in [0, 0.05) is 25.2 Å². The van der Waals surface area contributed by atoms with E-state index in [1.807, 2.05) is 0 Å². The highest BCUT2D eigenvalue weighted by Gasteiger charge is 2.32. The average molecular weight is 279 g/mol. The van der Waals surface area contributed by atoms with Gasteiger partial charge in [0.25, 0.3) is 0 Å². The zero-order chi connectivity index (χ0) is 13.3. The van der Waals surface area contributed by atoms with E-state index in [9.17, 15) is 13.2 Å². The fraction of sp³-hybridized carbons (Fsp3) is 0.583. The van der Waals surface area contributed by atoms with Gasteiger partial charge in [-0.05, 0) is 30.9 Å². The lowest BCUT2D eigenvalue weighted by Gasteiger charge is -2.34. The highest BCUT2D eigenvalue weighted by Crippen LogP contribution is 2.34. The molecule has 1 aliphatic rings. The zero-order valence-corrected chi connectivity index (χ0v) is 10.7. The van der Waals surface area contributed by atoms with Crippen LogP contribution in [-0.4, -0.2) is 24.0 Å². The molecule has 1 heterocycles. The Morgan fingerprint density at radius 3 is 2.67 bits per heavy atom. The van der Waals surface area contributed by atoms with Crippen molar-refractivity contribution in [2.24, 2.45) is 5.92 Å². The number of pyridine rings is 1. The molecule has 0 unspecified atom stereocenters. The lowest BCUT2D eigenvalue weighted by molar-refractivity contribution is -0.137. The minimum atomic E-state index is -4.32. The highest BCUT2D eigenvalue weighted by molar-refractivity contribution is 6.21. The number of aromatic nitrogens is 1. The van der Waals surface area contributed by atoms with E-state index in [2.05, 4.69) is 4.98 Å². The minimum Gasteiger partial charge on any atom is -0.359 e. The van der Waals surface area contributed by atoms with E-state index in [1.165, 1.54) is 6.20 Å². The van der Waals surface area contributed by atoms with Gasteiger partial charge >= 0.3 is 6.18 Å². The Morgan fingerprint density at radius 1 is 1.44 bits per heavy atom. The van der Waals surface area contributed by atoms with Gasteiger partial charge in [-0.2, -0.15) is 13.2 Å². The third kappa shape index (κ3) is 3.07. The van der Waals surface area contributed by atoms with Crippen LogP contribution in [0.2, 0.25) is 0 Å². The van der Waals surface area contributed by atoms with E-state index >= 15 is 0 Å². The Kier molecular flexibility index (Phi) is 3.71. The maximum Gasteiger partial charge on any atom is 0.416 e. The average Bonchev–Trinajstić information content (AvgIpc) is 2.26. The van der Waals surface area contributed by atoms with Crippen molar-refractivity contribution in [3.05, 3.63) is 23.9 Å². The largest absolute Gasteiger partial charge is 0.416 e. The van der Waals surface area contributed by atoms with E-state index in [1.54, 1.807) is 11.9 Å². The SMILES string of the molecule is CN(CC1CC(Cl)C1)c1cc(C(F)(F)F)ccn1. The fourth-order valence-corrected chi connectivity index (χ4v) is 2.59.